The molecule has 0 aliphatic heterocycles. The molecule has 2 aromatic heterocycles. The molecule has 1 aromatic carbocycles. The summed E-state index contributed by atoms with van der Waals surface area (Å²) in [5.74, 6) is 1.14. The third-order valence-electron chi connectivity index (χ3n) is 3.53. The minimum absolute atomic E-state index is 0.181. The van der Waals surface area contributed by atoms with E-state index in [1.54, 1.807) is 6.07 Å². The van der Waals surface area contributed by atoms with Crippen LogP contribution in [-0.4, -0.2) is 22.0 Å². The number of carbonyl (C=O) groups excluding carboxylic acids is 1. The first-order valence-electron chi connectivity index (χ1n) is 6.91. The van der Waals surface area contributed by atoms with Crippen molar-refractivity contribution in [3.63, 3.8) is 0 Å². The summed E-state index contributed by atoms with van der Waals surface area (Å²) in [6.45, 7) is 5.03. The maximum absolute atomic E-state index is 12.0. The number of nitrogens with zero attached hydrogens (tertiary/aromatic N) is 2. The zero-order valence-corrected chi connectivity index (χ0v) is 12.1. The van der Waals surface area contributed by atoms with Crippen molar-refractivity contribution in [3.8, 4) is 0 Å². The molecule has 0 fully saturated rings. The molecule has 0 spiro atoms. The van der Waals surface area contributed by atoms with Crippen molar-refractivity contribution in [3.05, 3.63) is 53.7 Å². The van der Waals surface area contributed by atoms with Crippen molar-refractivity contribution in [2.45, 2.75) is 20.4 Å². The Bertz CT molecular complexity index is 786. The van der Waals surface area contributed by atoms with Crippen LogP contribution >= 0.6 is 0 Å². The van der Waals surface area contributed by atoms with Crippen LogP contribution in [0, 0.1) is 13.8 Å². The van der Waals surface area contributed by atoms with E-state index in [2.05, 4.69) is 14.9 Å². The highest BCUT2D eigenvalue weighted by molar-refractivity contribution is 5.92. The van der Waals surface area contributed by atoms with Gasteiger partial charge in [-0.05, 0) is 32.0 Å². The number of amides is 1. The molecular weight excluding hydrogens is 266 g/mol. The molecule has 0 aliphatic carbocycles. The van der Waals surface area contributed by atoms with E-state index in [1.807, 2.05) is 38.1 Å². The first kappa shape index (κ1) is 13.4. The number of nitrogens with one attached hydrogen (secondary N) is 1. The van der Waals surface area contributed by atoms with Crippen LogP contribution in [0.3, 0.4) is 0 Å². The fourth-order valence-electron chi connectivity index (χ4n) is 2.45. The Labute approximate surface area is 122 Å². The van der Waals surface area contributed by atoms with Gasteiger partial charge < -0.3 is 14.3 Å². The standard InChI is InChI=1S/C16H17N3O2/c1-11-7-10-21-15(11)16(20)17-8-9-19-12(2)18-13-5-3-4-6-14(13)19/h3-7,10H,8-9H2,1-2H3,(H,17,20). The molecule has 0 bridgehead atoms. The molecular formula is C16H17N3O2. The van der Waals surface area contributed by atoms with Crippen LogP contribution in [0.25, 0.3) is 11.0 Å². The second-order valence-corrected chi connectivity index (χ2v) is 4.99. The molecule has 5 heteroatoms. The largest absolute Gasteiger partial charge is 0.459 e. The van der Waals surface area contributed by atoms with Crippen LogP contribution in [0.5, 0.6) is 0 Å². The van der Waals surface area contributed by atoms with Crippen LogP contribution in [0.4, 0.5) is 0 Å². The van der Waals surface area contributed by atoms with Gasteiger partial charge in [-0.3, -0.25) is 4.79 Å². The van der Waals surface area contributed by atoms with Crippen molar-refractivity contribution < 1.29 is 9.21 Å². The van der Waals surface area contributed by atoms with E-state index < -0.39 is 0 Å². The van der Waals surface area contributed by atoms with Gasteiger partial charge in [-0.2, -0.15) is 0 Å². The molecule has 1 amide bonds. The lowest BCUT2D eigenvalue weighted by Gasteiger charge is -2.08. The summed E-state index contributed by atoms with van der Waals surface area (Å²) < 4.78 is 7.28. The maximum atomic E-state index is 12.0. The molecule has 2 heterocycles. The molecule has 0 unspecified atom stereocenters. The zero-order chi connectivity index (χ0) is 14.8. The second-order valence-electron chi connectivity index (χ2n) is 4.99. The number of para-hydroxylation sites is 2. The van der Waals surface area contributed by atoms with Gasteiger partial charge >= 0.3 is 0 Å². The van der Waals surface area contributed by atoms with E-state index >= 15 is 0 Å². The number of carbonyl (C=O) groups is 1. The highest BCUT2D eigenvalue weighted by atomic mass is 16.3. The number of furan rings is 1. The third-order valence-corrected chi connectivity index (χ3v) is 3.53. The average Bonchev–Trinajstić information content (AvgIpc) is 3.03. The normalized spacial score (nSPS) is 11.0. The number of hydrogen-bond acceptors (Lipinski definition) is 3. The summed E-state index contributed by atoms with van der Waals surface area (Å²) in [7, 11) is 0. The topological polar surface area (TPSA) is 60.1 Å². The fourth-order valence-corrected chi connectivity index (χ4v) is 2.45. The number of aryl methyl sites for hydroxylation is 2. The number of rotatable bonds is 4. The van der Waals surface area contributed by atoms with Crippen LogP contribution in [-0.2, 0) is 6.54 Å². The van der Waals surface area contributed by atoms with Gasteiger partial charge in [0.25, 0.3) is 5.91 Å². The first-order chi connectivity index (χ1) is 10.2. The van der Waals surface area contributed by atoms with E-state index in [-0.39, 0.29) is 5.91 Å². The Kier molecular flexibility index (Phi) is 3.48. The summed E-state index contributed by atoms with van der Waals surface area (Å²) in [6.07, 6.45) is 1.53. The predicted molar refractivity (Wildman–Crippen MR) is 80.2 cm³/mol. The van der Waals surface area contributed by atoms with Gasteiger partial charge in [0.05, 0.1) is 17.3 Å². The lowest BCUT2D eigenvalue weighted by Crippen LogP contribution is -2.27. The van der Waals surface area contributed by atoms with Crippen LogP contribution in [0.15, 0.2) is 41.0 Å². The van der Waals surface area contributed by atoms with Crippen molar-refractivity contribution in [2.24, 2.45) is 0 Å². The van der Waals surface area contributed by atoms with E-state index in [0.29, 0.717) is 18.8 Å². The number of aromatic nitrogens is 2. The van der Waals surface area contributed by atoms with Crippen molar-refractivity contribution in [1.29, 1.82) is 0 Å². The molecule has 0 saturated carbocycles. The molecule has 3 aromatic rings. The molecule has 1 N–H and O–H groups in total. The van der Waals surface area contributed by atoms with Crippen molar-refractivity contribution in [2.75, 3.05) is 6.54 Å². The monoisotopic (exact) mass is 283 g/mol. The number of imidazole rings is 1. The third kappa shape index (κ3) is 2.54. The molecule has 3 rings (SSSR count). The van der Waals surface area contributed by atoms with Gasteiger partial charge in [0, 0.05) is 18.7 Å². The van der Waals surface area contributed by atoms with E-state index in [0.717, 1.165) is 22.4 Å². The number of fused-ring (bicyclic) bond motifs is 1. The molecule has 0 atom stereocenters. The smallest absolute Gasteiger partial charge is 0.287 e. The van der Waals surface area contributed by atoms with Gasteiger partial charge in [-0.15, -0.1) is 0 Å². The molecule has 0 saturated heterocycles. The number of hydrogen-bond donors (Lipinski definition) is 1. The molecule has 21 heavy (non-hydrogen) atoms. The summed E-state index contributed by atoms with van der Waals surface area (Å²) in [5.41, 5.74) is 2.90. The highest BCUT2D eigenvalue weighted by Gasteiger charge is 2.12. The summed E-state index contributed by atoms with van der Waals surface area (Å²) in [4.78, 5) is 16.5. The number of benzene rings is 1. The van der Waals surface area contributed by atoms with E-state index in [9.17, 15) is 4.79 Å². The SMILES string of the molecule is Cc1ccoc1C(=O)NCCn1c(C)nc2ccccc21. The van der Waals surface area contributed by atoms with Crippen molar-refractivity contribution in [1.82, 2.24) is 14.9 Å². The second kappa shape index (κ2) is 5.44. The lowest BCUT2D eigenvalue weighted by molar-refractivity contribution is 0.0923. The Morgan fingerprint density at radius 3 is 2.86 bits per heavy atom. The Hall–Kier alpha value is -2.56. The van der Waals surface area contributed by atoms with Gasteiger partial charge in [0.15, 0.2) is 5.76 Å². The quantitative estimate of drug-likeness (QED) is 0.800. The van der Waals surface area contributed by atoms with Gasteiger partial charge in [0.1, 0.15) is 5.82 Å². The predicted octanol–water partition coefficient (Wildman–Crippen LogP) is 2.68. The van der Waals surface area contributed by atoms with Crippen LogP contribution in [0.2, 0.25) is 0 Å². The lowest BCUT2D eigenvalue weighted by atomic mass is 10.3. The van der Waals surface area contributed by atoms with Crippen LogP contribution < -0.4 is 5.32 Å². The summed E-state index contributed by atoms with van der Waals surface area (Å²) in [6, 6.07) is 9.77. The van der Waals surface area contributed by atoms with Gasteiger partial charge in [0.2, 0.25) is 0 Å². The van der Waals surface area contributed by atoms with Gasteiger partial charge in [-0.1, -0.05) is 12.1 Å². The van der Waals surface area contributed by atoms with E-state index in [4.69, 9.17) is 4.42 Å². The zero-order valence-electron chi connectivity index (χ0n) is 12.1. The minimum Gasteiger partial charge on any atom is -0.459 e. The van der Waals surface area contributed by atoms with Crippen molar-refractivity contribution >= 4 is 16.9 Å². The maximum Gasteiger partial charge on any atom is 0.287 e. The van der Waals surface area contributed by atoms with Crippen LogP contribution in [0.1, 0.15) is 21.9 Å². The first-order valence-corrected chi connectivity index (χ1v) is 6.91. The minimum atomic E-state index is -0.181. The highest BCUT2D eigenvalue weighted by Crippen LogP contribution is 2.15. The Morgan fingerprint density at radius 1 is 1.29 bits per heavy atom. The molecule has 0 aliphatic rings. The Morgan fingerprint density at radius 2 is 2.10 bits per heavy atom. The molecule has 108 valence electrons. The van der Waals surface area contributed by atoms with Gasteiger partial charge in [-0.25, -0.2) is 4.98 Å². The summed E-state index contributed by atoms with van der Waals surface area (Å²) in [5, 5.41) is 2.87. The Balaban J connectivity index is 1.69. The summed E-state index contributed by atoms with van der Waals surface area (Å²) >= 11 is 0. The fraction of sp³-hybridized carbons (Fsp3) is 0.250. The average molecular weight is 283 g/mol. The van der Waals surface area contributed by atoms with E-state index in [1.165, 1.54) is 6.26 Å². The molecule has 5 nitrogen and oxygen atoms in total. The molecule has 0 radical (unpaired) electrons.